The largest absolute Gasteiger partial charge is 0.363 e. The Balaban J connectivity index is 0.00000312. The zero-order chi connectivity index (χ0) is 17.5. The summed E-state index contributed by atoms with van der Waals surface area (Å²) in [6.45, 7) is 2.89. The highest BCUT2D eigenvalue weighted by Gasteiger charge is 2.03. The number of nitrogens with one attached hydrogen (secondary N) is 2. The molecule has 25 heavy (non-hydrogen) atoms. The van der Waals surface area contributed by atoms with Crippen LogP contribution in [0.5, 0.6) is 0 Å². The summed E-state index contributed by atoms with van der Waals surface area (Å²) >= 11 is 0. The molecule has 0 amide bonds. The number of aryl methyl sites for hydroxylation is 1. The Bertz CT molecular complexity index is 718. The van der Waals surface area contributed by atoms with Crippen LogP contribution in [0, 0.1) is 12.7 Å². The fourth-order valence-electron chi connectivity index (χ4n) is 2.15. The molecule has 1 aromatic heterocycles. The number of rotatable bonds is 5. The Morgan fingerprint density at radius 2 is 1.76 bits per heavy atom. The van der Waals surface area contributed by atoms with Gasteiger partial charge in [0.2, 0.25) is 0 Å². The first kappa shape index (κ1) is 21.1. The van der Waals surface area contributed by atoms with Crippen molar-refractivity contribution < 1.29 is 4.39 Å². The van der Waals surface area contributed by atoms with Gasteiger partial charge < -0.3 is 15.5 Å². The third-order valence-electron chi connectivity index (χ3n) is 3.65. The minimum absolute atomic E-state index is 0. The van der Waals surface area contributed by atoms with Gasteiger partial charge in [0.1, 0.15) is 11.6 Å². The van der Waals surface area contributed by atoms with Crippen molar-refractivity contribution >= 4 is 35.8 Å². The fraction of sp³-hybridized carbons (Fsp3) is 0.333. The van der Waals surface area contributed by atoms with Crippen molar-refractivity contribution in [3.8, 4) is 0 Å². The Kier molecular flexibility index (Phi) is 8.60. The highest BCUT2D eigenvalue weighted by molar-refractivity contribution is 14.0. The number of hydrogen-bond acceptors (Lipinski definition) is 3. The molecule has 0 spiro atoms. The molecule has 136 valence electrons. The summed E-state index contributed by atoms with van der Waals surface area (Å²) in [6, 6.07) is 9.22. The van der Waals surface area contributed by atoms with E-state index in [4.69, 9.17) is 0 Å². The van der Waals surface area contributed by atoms with Gasteiger partial charge in [0.25, 0.3) is 0 Å². The van der Waals surface area contributed by atoms with Crippen molar-refractivity contribution in [2.45, 2.75) is 20.0 Å². The molecular formula is C18H25FIN5. The van der Waals surface area contributed by atoms with Crippen LogP contribution in [0.2, 0.25) is 0 Å². The number of pyridine rings is 1. The van der Waals surface area contributed by atoms with Crippen LogP contribution >= 0.6 is 24.0 Å². The lowest BCUT2D eigenvalue weighted by Gasteiger charge is -2.14. The number of aromatic nitrogens is 1. The molecule has 0 aliphatic carbocycles. The molecule has 2 aromatic rings. The predicted octanol–water partition coefficient (Wildman–Crippen LogP) is 3.08. The van der Waals surface area contributed by atoms with Crippen LogP contribution in [0.3, 0.4) is 0 Å². The van der Waals surface area contributed by atoms with Gasteiger partial charge in [-0.25, -0.2) is 9.37 Å². The van der Waals surface area contributed by atoms with Crippen molar-refractivity contribution in [2.24, 2.45) is 4.99 Å². The van der Waals surface area contributed by atoms with Gasteiger partial charge in [-0.1, -0.05) is 12.1 Å². The lowest BCUT2D eigenvalue weighted by Crippen LogP contribution is -2.36. The van der Waals surface area contributed by atoms with Crippen molar-refractivity contribution in [1.82, 2.24) is 15.6 Å². The predicted molar refractivity (Wildman–Crippen MR) is 112 cm³/mol. The molecule has 0 bridgehead atoms. The van der Waals surface area contributed by atoms with Gasteiger partial charge >= 0.3 is 0 Å². The summed E-state index contributed by atoms with van der Waals surface area (Å²) < 4.78 is 13.6. The van der Waals surface area contributed by atoms with Crippen molar-refractivity contribution in [3.05, 3.63) is 59.0 Å². The van der Waals surface area contributed by atoms with Gasteiger partial charge in [0, 0.05) is 40.4 Å². The summed E-state index contributed by atoms with van der Waals surface area (Å²) in [5, 5.41) is 6.43. The van der Waals surface area contributed by atoms with Crippen LogP contribution in [0.15, 0.2) is 41.5 Å². The zero-order valence-corrected chi connectivity index (χ0v) is 17.3. The average molecular weight is 457 g/mol. The Hall–Kier alpha value is -1.90. The molecule has 0 saturated heterocycles. The highest BCUT2D eigenvalue weighted by atomic mass is 127. The van der Waals surface area contributed by atoms with Crippen molar-refractivity contribution in [3.63, 3.8) is 0 Å². The number of aliphatic imine (C=N–C) groups is 1. The van der Waals surface area contributed by atoms with Gasteiger partial charge in [-0.2, -0.15) is 0 Å². The van der Waals surface area contributed by atoms with Crippen LogP contribution in [0.4, 0.5) is 10.2 Å². The van der Waals surface area contributed by atoms with Gasteiger partial charge in [0.05, 0.1) is 0 Å². The summed E-state index contributed by atoms with van der Waals surface area (Å²) in [5.74, 6) is 1.39. The molecule has 1 heterocycles. The smallest absolute Gasteiger partial charge is 0.191 e. The molecule has 0 fully saturated rings. The van der Waals surface area contributed by atoms with Gasteiger partial charge in [-0.3, -0.25) is 4.99 Å². The van der Waals surface area contributed by atoms with Crippen LogP contribution in [-0.4, -0.2) is 32.1 Å². The summed E-state index contributed by atoms with van der Waals surface area (Å²) in [6.07, 6.45) is 1.79. The molecular weight excluding hydrogens is 432 g/mol. The molecule has 0 saturated carbocycles. The van der Waals surface area contributed by atoms with Crippen LogP contribution < -0.4 is 15.5 Å². The highest BCUT2D eigenvalue weighted by Crippen LogP contribution is 2.10. The van der Waals surface area contributed by atoms with E-state index in [1.807, 2.05) is 37.2 Å². The number of halogens is 2. The molecule has 2 rings (SSSR count). The molecule has 1 aromatic carbocycles. The standard InChI is InChI=1S/C18H24FN5.HI/c1-13-5-6-14(9-16(13)19)11-22-18(20-2)23-12-15-7-8-21-17(10-15)24(3)4;/h5-10H,11-12H2,1-4H3,(H2,20,22,23);1H. The average Bonchev–Trinajstić information content (AvgIpc) is 2.58. The van der Waals surface area contributed by atoms with E-state index >= 15 is 0 Å². The number of hydrogen-bond donors (Lipinski definition) is 2. The summed E-state index contributed by atoms with van der Waals surface area (Å²) in [4.78, 5) is 10.4. The Morgan fingerprint density at radius 3 is 2.32 bits per heavy atom. The molecule has 0 radical (unpaired) electrons. The second-order valence-electron chi connectivity index (χ2n) is 5.78. The third-order valence-corrected chi connectivity index (χ3v) is 3.65. The topological polar surface area (TPSA) is 52.6 Å². The van der Waals surface area contributed by atoms with E-state index in [0.717, 1.165) is 16.9 Å². The van der Waals surface area contributed by atoms with Gasteiger partial charge in [-0.05, 0) is 41.8 Å². The molecule has 0 unspecified atom stereocenters. The van der Waals surface area contributed by atoms with Crippen LogP contribution in [-0.2, 0) is 13.1 Å². The second kappa shape index (κ2) is 10.2. The molecule has 2 N–H and O–H groups in total. The normalized spacial score (nSPS) is 10.8. The number of guanidine groups is 1. The molecule has 0 aliphatic rings. The van der Waals surface area contributed by atoms with Gasteiger partial charge in [-0.15, -0.1) is 24.0 Å². The quantitative estimate of drug-likeness (QED) is 0.412. The minimum atomic E-state index is -0.190. The van der Waals surface area contributed by atoms with E-state index in [-0.39, 0.29) is 29.8 Å². The first-order chi connectivity index (χ1) is 11.5. The molecule has 0 aliphatic heterocycles. The lowest BCUT2D eigenvalue weighted by molar-refractivity contribution is 0.615. The Morgan fingerprint density at radius 1 is 1.12 bits per heavy atom. The third kappa shape index (κ3) is 6.49. The Labute approximate surface area is 165 Å². The van der Waals surface area contributed by atoms with E-state index in [1.165, 1.54) is 0 Å². The maximum absolute atomic E-state index is 13.6. The monoisotopic (exact) mass is 457 g/mol. The molecule has 7 heteroatoms. The zero-order valence-electron chi connectivity index (χ0n) is 15.0. The molecule has 5 nitrogen and oxygen atoms in total. The lowest BCUT2D eigenvalue weighted by atomic mass is 10.1. The number of nitrogens with zero attached hydrogens (tertiary/aromatic N) is 3. The maximum atomic E-state index is 13.6. The first-order valence-corrected chi connectivity index (χ1v) is 7.81. The summed E-state index contributed by atoms with van der Waals surface area (Å²) in [7, 11) is 5.63. The first-order valence-electron chi connectivity index (χ1n) is 7.81. The maximum Gasteiger partial charge on any atom is 0.191 e. The SMILES string of the molecule is CN=C(NCc1ccnc(N(C)C)c1)NCc1ccc(C)c(F)c1.I. The van der Waals surface area contributed by atoms with E-state index in [2.05, 4.69) is 20.6 Å². The second-order valence-corrected chi connectivity index (χ2v) is 5.78. The van der Waals surface area contributed by atoms with Gasteiger partial charge in [0.15, 0.2) is 5.96 Å². The van der Waals surface area contributed by atoms with E-state index in [9.17, 15) is 4.39 Å². The van der Waals surface area contributed by atoms with Crippen molar-refractivity contribution in [1.29, 1.82) is 0 Å². The van der Waals surface area contributed by atoms with E-state index < -0.39 is 0 Å². The van der Waals surface area contributed by atoms with E-state index in [0.29, 0.717) is 24.6 Å². The van der Waals surface area contributed by atoms with E-state index in [1.54, 1.807) is 32.3 Å². The van der Waals surface area contributed by atoms with Crippen LogP contribution in [0.1, 0.15) is 16.7 Å². The molecule has 0 atom stereocenters. The minimum Gasteiger partial charge on any atom is -0.363 e. The number of benzene rings is 1. The van der Waals surface area contributed by atoms with Crippen LogP contribution in [0.25, 0.3) is 0 Å². The number of anilines is 1. The summed E-state index contributed by atoms with van der Waals surface area (Å²) in [5.41, 5.74) is 2.63. The fourth-order valence-corrected chi connectivity index (χ4v) is 2.15. The van der Waals surface area contributed by atoms with Crippen molar-refractivity contribution in [2.75, 3.05) is 26.0 Å².